The molecule has 0 spiro atoms. The first-order valence-electron chi connectivity index (χ1n) is 11.1. The lowest BCUT2D eigenvalue weighted by atomic mass is 9.99. The number of fused-ring (bicyclic) bond motifs is 1. The van der Waals surface area contributed by atoms with Crippen molar-refractivity contribution in [3.05, 3.63) is 71.2 Å². The molecule has 2 aliphatic rings. The van der Waals surface area contributed by atoms with Gasteiger partial charge in [-0.05, 0) is 36.1 Å². The van der Waals surface area contributed by atoms with Crippen molar-refractivity contribution in [1.29, 1.82) is 0 Å². The van der Waals surface area contributed by atoms with Crippen molar-refractivity contribution in [2.45, 2.75) is 31.2 Å². The van der Waals surface area contributed by atoms with Gasteiger partial charge in [0.25, 0.3) is 6.43 Å². The zero-order chi connectivity index (χ0) is 24.3. The highest BCUT2D eigenvalue weighted by atomic mass is 19.3. The molecule has 0 bridgehead atoms. The van der Waals surface area contributed by atoms with E-state index in [1.165, 1.54) is 18.3 Å². The standard InChI is InChI=1S/C23H20F4N8/c24-16-3-11-1-15(2-12(11)4-17(16)25)35-19(8-30-22(35)13-5-31-23(28)32-6-13)34-9-14(10-34)21-29-7-18(33-21)20(26)27/h3-8,14-15,20H,1-2,9-10H2,(H,29,33)(H2,28,31,32). The average molecular weight is 484 g/mol. The summed E-state index contributed by atoms with van der Waals surface area (Å²) < 4.78 is 55.6. The van der Waals surface area contributed by atoms with Crippen LogP contribution in [0.15, 0.2) is 36.9 Å². The molecule has 1 aromatic carbocycles. The molecule has 0 atom stereocenters. The summed E-state index contributed by atoms with van der Waals surface area (Å²) in [6, 6.07) is 2.37. The number of imidazole rings is 2. The second kappa shape index (κ2) is 8.07. The number of aromatic nitrogens is 6. The zero-order valence-electron chi connectivity index (χ0n) is 18.3. The summed E-state index contributed by atoms with van der Waals surface area (Å²) in [7, 11) is 0. The van der Waals surface area contributed by atoms with E-state index in [1.807, 2.05) is 4.57 Å². The molecule has 4 aromatic rings. The van der Waals surface area contributed by atoms with Gasteiger partial charge in [-0.3, -0.25) is 0 Å². The van der Waals surface area contributed by atoms with Crippen molar-refractivity contribution >= 4 is 11.8 Å². The summed E-state index contributed by atoms with van der Waals surface area (Å²) in [5.74, 6) is 0.322. The number of aromatic amines is 1. The van der Waals surface area contributed by atoms with Crippen LogP contribution in [0.25, 0.3) is 11.4 Å². The Kier molecular flexibility index (Phi) is 4.97. The topological polar surface area (TPSA) is 102 Å². The van der Waals surface area contributed by atoms with Gasteiger partial charge in [-0.1, -0.05) is 0 Å². The molecule has 0 radical (unpaired) electrons. The molecule has 1 aliphatic carbocycles. The van der Waals surface area contributed by atoms with E-state index >= 15 is 0 Å². The lowest BCUT2D eigenvalue weighted by molar-refractivity contribution is 0.146. The van der Waals surface area contributed by atoms with Gasteiger partial charge >= 0.3 is 0 Å². The van der Waals surface area contributed by atoms with Gasteiger partial charge in [-0.25, -0.2) is 37.5 Å². The van der Waals surface area contributed by atoms with E-state index < -0.39 is 18.1 Å². The summed E-state index contributed by atoms with van der Waals surface area (Å²) in [6.07, 6.45) is 4.48. The fraction of sp³-hybridized carbons (Fsp3) is 0.304. The molecule has 180 valence electrons. The number of alkyl halides is 2. The van der Waals surface area contributed by atoms with Gasteiger partial charge in [0.2, 0.25) is 5.95 Å². The minimum absolute atomic E-state index is 0.0295. The van der Waals surface area contributed by atoms with Gasteiger partial charge in [0.05, 0.1) is 23.9 Å². The molecule has 0 unspecified atom stereocenters. The van der Waals surface area contributed by atoms with Crippen molar-refractivity contribution in [3.8, 4) is 11.4 Å². The molecule has 3 aromatic heterocycles. The second-order valence-corrected chi connectivity index (χ2v) is 8.86. The monoisotopic (exact) mass is 484 g/mol. The normalized spacial score (nSPS) is 16.2. The van der Waals surface area contributed by atoms with E-state index in [0.717, 1.165) is 16.9 Å². The van der Waals surface area contributed by atoms with Gasteiger partial charge in [-0.15, -0.1) is 0 Å². The lowest BCUT2D eigenvalue weighted by Crippen LogP contribution is -2.46. The van der Waals surface area contributed by atoms with Crippen molar-refractivity contribution in [2.75, 3.05) is 23.7 Å². The molecular formula is C23H20F4N8. The zero-order valence-corrected chi connectivity index (χ0v) is 18.3. The molecule has 0 amide bonds. The van der Waals surface area contributed by atoms with Crippen LogP contribution in [0, 0.1) is 11.6 Å². The predicted octanol–water partition coefficient (Wildman–Crippen LogP) is 3.80. The van der Waals surface area contributed by atoms with Gasteiger partial charge in [0, 0.05) is 31.5 Å². The van der Waals surface area contributed by atoms with Crippen LogP contribution < -0.4 is 10.6 Å². The number of rotatable bonds is 5. The Labute approximate surface area is 196 Å². The molecule has 4 heterocycles. The van der Waals surface area contributed by atoms with E-state index in [1.54, 1.807) is 18.6 Å². The number of anilines is 2. The van der Waals surface area contributed by atoms with E-state index in [0.29, 0.717) is 43.1 Å². The fourth-order valence-electron chi connectivity index (χ4n) is 4.89. The van der Waals surface area contributed by atoms with Crippen molar-refractivity contribution in [3.63, 3.8) is 0 Å². The van der Waals surface area contributed by atoms with Crippen molar-refractivity contribution < 1.29 is 17.6 Å². The summed E-state index contributed by atoms with van der Waals surface area (Å²) in [4.78, 5) is 21.6. The summed E-state index contributed by atoms with van der Waals surface area (Å²) in [5.41, 5.74) is 7.61. The Hall–Kier alpha value is -3.96. The number of nitrogens with one attached hydrogen (secondary N) is 1. The molecule has 8 nitrogen and oxygen atoms in total. The molecule has 1 saturated heterocycles. The van der Waals surface area contributed by atoms with Crippen LogP contribution in [0.1, 0.15) is 41.0 Å². The van der Waals surface area contributed by atoms with Crippen molar-refractivity contribution in [1.82, 2.24) is 29.5 Å². The smallest absolute Gasteiger partial charge is 0.279 e. The van der Waals surface area contributed by atoms with Gasteiger partial charge < -0.3 is 20.2 Å². The molecule has 6 rings (SSSR count). The molecule has 1 fully saturated rings. The first-order chi connectivity index (χ1) is 16.9. The average Bonchev–Trinajstić information content (AvgIpc) is 3.52. The number of H-pyrrole nitrogens is 1. The minimum Gasteiger partial charge on any atom is -0.368 e. The number of nitrogen functional groups attached to an aromatic ring is 1. The second-order valence-electron chi connectivity index (χ2n) is 8.86. The third-order valence-electron chi connectivity index (χ3n) is 6.67. The molecular weight excluding hydrogens is 464 g/mol. The first kappa shape index (κ1) is 21.6. The van der Waals surface area contributed by atoms with Crippen LogP contribution in [-0.2, 0) is 12.8 Å². The summed E-state index contributed by atoms with van der Waals surface area (Å²) >= 11 is 0. The van der Waals surface area contributed by atoms with E-state index in [4.69, 9.17) is 5.73 Å². The Balaban J connectivity index is 1.32. The number of halogens is 4. The van der Waals surface area contributed by atoms with Crippen LogP contribution in [-0.4, -0.2) is 42.6 Å². The maximum absolute atomic E-state index is 13.9. The molecule has 0 saturated carbocycles. The van der Waals surface area contributed by atoms with E-state index in [-0.39, 0.29) is 23.6 Å². The van der Waals surface area contributed by atoms with E-state index in [2.05, 4.69) is 29.8 Å². The maximum atomic E-state index is 13.9. The maximum Gasteiger partial charge on any atom is 0.279 e. The first-order valence-corrected chi connectivity index (χ1v) is 11.1. The number of benzene rings is 1. The minimum atomic E-state index is -2.60. The quantitative estimate of drug-likeness (QED) is 0.418. The third kappa shape index (κ3) is 3.69. The predicted molar refractivity (Wildman–Crippen MR) is 119 cm³/mol. The fourth-order valence-corrected chi connectivity index (χ4v) is 4.89. The SMILES string of the molecule is Nc1ncc(-c2ncc(N3CC(c4ncc(C(F)F)[nH]4)C3)n2C2Cc3cc(F)c(F)cc3C2)cn1. The summed E-state index contributed by atoms with van der Waals surface area (Å²) in [5, 5.41) is 0. The number of nitrogens with zero attached hydrogens (tertiary/aromatic N) is 6. The van der Waals surface area contributed by atoms with Crippen LogP contribution in [0.2, 0.25) is 0 Å². The van der Waals surface area contributed by atoms with Gasteiger partial charge in [0.15, 0.2) is 11.6 Å². The Bertz CT molecular complexity index is 1360. The number of hydrogen-bond donors (Lipinski definition) is 2. The number of nitrogens with two attached hydrogens (primary N) is 1. The highest BCUT2D eigenvalue weighted by molar-refractivity contribution is 5.60. The highest BCUT2D eigenvalue weighted by Gasteiger charge is 2.36. The summed E-state index contributed by atoms with van der Waals surface area (Å²) in [6.45, 7) is 1.12. The molecule has 1 aliphatic heterocycles. The van der Waals surface area contributed by atoms with Crippen LogP contribution in [0.3, 0.4) is 0 Å². The van der Waals surface area contributed by atoms with Crippen LogP contribution in [0.5, 0.6) is 0 Å². The van der Waals surface area contributed by atoms with Gasteiger partial charge in [-0.2, -0.15) is 0 Å². The van der Waals surface area contributed by atoms with Gasteiger partial charge in [0.1, 0.15) is 23.2 Å². The Morgan fingerprint density at radius 3 is 2.17 bits per heavy atom. The molecule has 35 heavy (non-hydrogen) atoms. The Morgan fingerprint density at radius 1 is 0.914 bits per heavy atom. The van der Waals surface area contributed by atoms with E-state index in [9.17, 15) is 17.6 Å². The largest absolute Gasteiger partial charge is 0.368 e. The lowest BCUT2D eigenvalue weighted by Gasteiger charge is -2.40. The van der Waals surface area contributed by atoms with Crippen LogP contribution >= 0.6 is 0 Å². The van der Waals surface area contributed by atoms with Crippen LogP contribution in [0.4, 0.5) is 29.3 Å². The number of hydrogen-bond acceptors (Lipinski definition) is 6. The molecule has 3 N–H and O–H groups in total. The molecule has 12 heteroatoms. The third-order valence-corrected chi connectivity index (χ3v) is 6.67. The highest BCUT2D eigenvalue weighted by Crippen LogP contribution is 2.40. The Morgan fingerprint density at radius 2 is 1.57 bits per heavy atom. The van der Waals surface area contributed by atoms with Crippen molar-refractivity contribution in [2.24, 2.45) is 0 Å².